The Morgan fingerprint density at radius 1 is 1.22 bits per heavy atom. The van der Waals surface area contributed by atoms with E-state index in [0.29, 0.717) is 25.4 Å². The van der Waals surface area contributed by atoms with Crippen molar-refractivity contribution in [1.82, 2.24) is 14.7 Å². The minimum Gasteiger partial charge on any atom is -0.445 e. The number of ether oxygens (including phenoxy) is 2. The topological polar surface area (TPSA) is 73.7 Å². The number of carbonyl (C=O) groups excluding carboxylic acids is 2. The van der Waals surface area contributed by atoms with Gasteiger partial charge >= 0.3 is 6.09 Å². The lowest BCUT2D eigenvalue weighted by molar-refractivity contribution is -0.0409. The van der Waals surface area contributed by atoms with Crippen LogP contribution in [0.25, 0.3) is 0 Å². The van der Waals surface area contributed by atoms with Gasteiger partial charge in [0.25, 0.3) is 0 Å². The summed E-state index contributed by atoms with van der Waals surface area (Å²) < 4.78 is 13.2. The van der Waals surface area contributed by atoms with Crippen molar-refractivity contribution in [1.29, 1.82) is 0 Å². The van der Waals surface area contributed by atoms with E-state index >= 15 is 0 Å². The van der Waals surface area contributed by atoms with E-state index in [2.05, 4.69) is 21.0 Å². The number of piperidine rings is 1. The number of ketones is 1. The van der Waals surface area contributed by atoms with E-state index in [0.717, 1.165) is 49.7 Å². The Hall–Kier alpha value is -2.19. The summed E-state index contributed by atoms with van der Waals surface area (Å²) in [4.78, 5) is 27.5. The first-order valence-electron chi connectivity index (χ1n) is 11.4. The van der Waals surface area contributed by atoms with Gasteiger partial charge in [0.2, 0.25) is 0 Å². The Morgan fingerprint density at radius 3 is 2.72 bits per heavy atom. The summed E-state index contributed by atoms with van der Waals surface area (Å²) >= 11 is 3.74. The van der Waals surface area contributed by atoms with Crippen LogP contribution in [0.1, 0.15) is 59.9 Å². The second-order valence-electron chi connectivity index (χ2n) is 9.08. The minimum atomic E-state index is -0.292. The monoisotopic (exact) mass is 501 g/mol. The number of halogens is 1. The summed E-state index contributed by atoms with van der Waals surface area (Å²) in [5.74, 6) is 0.0815. The maximum Gasteiger partial charge on any atom is 0.410 e. The van der Waals surface area contributed by atoms with E-state index in [9.17, 15) is 9.59 Å². The molecule has 2 saturated heterocycles. The van der Waals surface area contributed by atoms with Gasteiger partial charge in [-0.2, -0.15) is 5.10 Å². The van der Waals surface area contributed by atoms with Gasteiger partial charge in [-0.25, -0.2) is 9.48 Å². The van der Waals surface area contributed by atoms with Gasteiger partial charge in [-0.05, 0) is 49.5 Å². The summed E-state index contributed by atoms with van der Waals surface area (Å²) in [6.07, 6.45) is 6.72. The van der Waals surface area contributed by atoms with Crippen LogP contribution in [-0.4, -0.2) is 51.1 Å². The number of Topliss-reactive ketones (excluding diaryl/α,β-unsaturated/α-hetero) is 1. The van der Waals surface area contributed by atoms with Gasteiger partial charge in [0.1, 0.15) is 12.3 Å². The van der Waals surface area contributed by atoms with Crippen molar-refractivity contribution in [3.05, 3.63) is 53.3 Å². The Kier molecular flexibility index (Phi) is 6.07. The molecule has 3 heterocycles. The van der Waals surface area contributed by atoms with Crippen molar-refractivity contribution < 1.29 is 19.1 Å². The molecule has 2 aromatic rings. The van der Waals surface area contributed by atoms with Crippen molar-refractivity contribution in [2.75, 3.05) is 19.7 Å². The third-order valence-corrected chi connectivity index (χ3v) is 8.45. The molecular formula is C24H28BrN3O4. The normalized spacial score (nSPS) is 24.9. The second kappa shape index (κ2) is 8.98. The van der Waals surface area contributed by atoms with Gasteiger partial charge in [-0.15, -0.1) is 0 Å². The molecule has 1 aliphatic carbocycles. The quantitative estimate of drug-likeness (QED) is 0.578. The molecule has 2 unspecified atom stereocenters. The molecule has 1 amide bonds. The molecule has 5 rings (SSSR count). The van der Waals surface area contributed by atoms with Crippen LogP contribution in [0.2, 0.25) is 0 Å². The smallest absolute Gasteiger partial charge is 0.410 e. The highest BCUT2D eigenvalue weighted by Gasteiger charge is 2.50. The summed E-state index contributed by atoms with van der Waals surface area (Å²) in [5, 5.41) is 4.55. The van der Waals surface area contributed by atoms with Gasteiger partial charge in [-0.1, -0.05) is 46.3 Å². The number of benzene rings is 1. The SMILES string of the molecule is O=C1c2c(cnn2C2CCCCO2)CC2(CCN(C(=O)OCc3ccccc3)CC2)C1Br. The predicted molar refractivity (Wildman–Crippen MR) is 122 cm³/mol. The number of amides is 1. The number of fused-ring (bicyclic) bond motifs is 1. The number of rotatable bonds is 3. The van der Waals surface area contributed by atoms with E-state index in [1.807, 2.05) is 36.5 Å². The first-order valence-corrected chi connectivity index (χ1v) is 12.3. The van der Waals surface area contributed by atoms with Gasteiger partial charge in [0, 0.05) is 25.3 Å². The molecule has 32 heavy (non-hydrogen) atoms. The van der Waals surface area contributed by atoms with E-state index < -0.39 is 0 Å². The van der Waals surface area contributed by atoms with Crippen LogP contribution >= 0.6 is 15.9 Å². The molecular weight excluding hydrogens is 474 g/mol. The lowest BCUT2D eigenvalue weighted by Crippen LogP contribution is -2.52. The number of alkyl halides is 1. The maximum absolute atomic E-state index is 13.4. The average Bonchev–Trinajstić information content (AvgIpc) is 3.26. The molecule has 2 fully saturated rings. The number of likely N-dealkylation sites (tertiary alicyclic amines) is 1. The second-order valence-corrected chi connectivity index (χ2v) is 9.99. The number of carbonyl (C=O) groups is 2. The largest absolute Gasteiger partial charge is 0.445 e. The molecule has 170 valence electrons. The Bertz CT molecular complexity index is 978. The third-order valence-electron chi connectivity index (χ3n) is 7.07. The summed E-state index contributed by atoms with van der Waals surface area (Å²) in [6, 6.07) is 9.69. The van der Waals surface area contributed by atoms with E-state index in [1.165, 1.54) is 0 Å². The highest BCUT2D eigenvalue weighted by molar-refractivity contribution is 9.10. The van der Waals surface area contributed by atoms with Gasteiger partial charge < -0.3 is 14.4 Å². The van der Waals surface area contributed by atoms with Gasteiger partial charge in [0.15, 0.2) is 12.0 Å². The number of aromatic nitrogens is 2. The Labute approximate surface area is 196 Å². The van der Waals surface area contributed by atoms with Crippen molar-refractivity contribution >= 4 is 27.8 Å². The van der Waals surface area contributed by atoms with Crippen molar-refractivity contribution in [2.24, 2.45) is 5.41 Å². The molecule has 2 atom stereocenters. The van der Waals surface area contributed by atoms with E-state index in [4.69, 9.17) is 9.47 Å². The van der Waals surface area contributed by atoms with Crippen LogP contribution < -0.4 is 0 Å². The molecule has 0 bridgehead atoms. The van der Waals surface area contributed by atoms with Crippen LogP contribution in [-0.2, 0) is 22.5 Å². The molecule has 8 heteroatoms. The Balaban J connectivity index is 1.25. The third kappa shape index (κ3) is 3.99. The molecule has 2 aliphatic heterocycles. The zero-order valence-corrected chi connectivity index (χ0v) is 19.6. The summed E-state index contributed by atoms with van der Waals surface area (Å²) in [5.41, 5.74) is 2.45. The Morgan fingerprint density at radius 2 is 2.00 bits per heavy atom. The fraction of sp³-hybridized carbons (Fsp3) is 0.542. The molecule has 0 N–H and O–H groups in total. The van der Waals surface area contributed by atoms with Crippen molar-refractivity contribution in [3.8, 4) is 0 Å². The minimum absolute atomic E-state index is 0.0815. The standard InChI is InChI=1S/C24H28BrN3O4/c25-22-21(29)20-18(15-26-28(20)19-8-4-5-13-31-19)14-24(22)9-11-27(12-10-24)23(30)32-16-17-6-2-1-3-7-17/h1-3,6-7,15,19,22H,4-5,8-14,16H2. The predicted octanol–water partition coefficient (Wildman–Crippen LogP) is 4.50. The molecule has 0 saturated carbocycles. The fourth-order valence-corrected chi connectivity index (χ4v) is 6.01. The number of nitrogens with zero attached hydrogens (tertiary/aromatic N) is 3. The van der Waals surface area contributed by atoms with Crippen LogP contribution in [0.15, 0.2) is 36.5 Å². The lowest BCUT2D eigenvalue weighted by atomic mass is 9.67. The fourth-order valence-electron chi connectivity index (χ4n) is 5.18. The maximum atomic E-state index is 13.4. The summed E-state index contributed by atoms with van der Waals surface area (Å²) in [6.45, 7) is 2.15. The van der Waals surface area contributed by atoms with E-state index in [1.54, 1.807) is 9.58 Å². The van der Waals surface area contributed by atoms with Gasteiger partial charge in [-0.3, -0.25) is 4.79 Å². The van der Waals surface area contributed by atoms with Crippen LogP contribution in [0.5, 0.6) is 0 Å². The number of hydrogen-bond acceptors (Lipinski definition) is 5. The molecule has 3 aliphatic rings. The molecule has 1 spiro atoms. The van der Waals surface area contributed by atoms with Gasteiger partial charge in [0.05, 0.1) is 11.0 Å². The molecule has 7 nitrogen and oxygen atoms in total. The van der Waals surface area contributed by atoms with Crippen LogP contribution in [0.3, 0.4) is 0 Å². The van der Waals surface area contributed by atoms with Crippen molar-refractivity contribution in [2.45, 2.75) is 56.2 Å². The molecule has 1 aromatic carbocycles. The highest BCUT2D eigenvalue weighted by atomic mass is 79.9. The first kappa shape index (κ1) is 21.6. The zero-order chi connectivity index (χ0) is 22.1. The first-order chi connectivity index (χ1) is 15.6. The molecule has 0 radical (unpaired) electrons. The average molecular weight is 502 g/mol. The van der Waals surface area contributed by atoms with Crippen LogP contribution in [0.4, 0.5) is 4.79 Å². The molecule has 1 aromatic heterocycles. The van der Waals surface area contributed by atoms with E-state index in [-0.39, 0.29) is 35.0 Å². The zero-order valence-electron chi connectivity index (χ0n) is 18.0. The lowest BCUT2D eigenvalue weighted by Gasteiger charge is -2.46. The van der Waals surface area contributed by atoms with Crippen LogP contribution in [0, 0.1) is 5.41 Å². The highest BCUT2D eigenvalue weighted by Crippen LogP contribution is 2.47. The van der Waals surface area contributed by atoms with Crippen molar-refractivity contribution in [3.63, 3.8) is 0 Å². The summed E-state index contributed by atoms with van der Waals surface area (Å²) in [7, 11) is 0. The number of hydrogen-bond donors (Lipinski definition) is 0.